The second-order valence-corrected chi connectivity index (χ2v) is 11.6. The molecule has 4 bridgehead atoms. The van der Waals surface area contributed by atoms with E-state index in [1.54, 1.807) is 4.90 Å². The first-order valence-corrected chi connectivity index (χ1v) is 12.3. The van der Waals surface area contributed by atoms with E-state index in [9.17, 15) is 14.9 Å². The Bertz CT molecular complexity index is 812. The molecule has 170 valence electrons. The molecule has 0 aromatic heterocycles. The molecule has 1 aliphatic heterocycles. The monoisotopic (exact) mass is 446 g/mol. The van der Waals surface area contributed by atoms with Crippen LogP contribution in [-0.4, -0.2) is 71.3 Å². The number of piperidine rings is 1. The summed E-state index contributed by atoms with van der Waals surface area (Å²) in [6.45, 7) is 0. The zero-order chi connectivity index (χ0) is 22.1. The van der Waals surface area contributed by atoms with E-state index in [0.29, 0.717) is 29.9 Å². The summed E-state index contributed by atoms with van der Waals surface area (Å²) in [6.07, 6.45) is 7.20. The normalized spacial score (nSPS) is 44.0. The molecule has 5 aliphatic carbocycles. The van der Waals surface area contributed by atoms with E-state index in [0.717, 1.165) is 44.9 Å². The molecule has 9 atom stereocenters. The van der Waals surface area contributed by atoms with Gasteiger partial charge in [-0.1, -0.05) is 0 Å². The van der Waals surface area contributed by atoms with Crippen molar-refractivity contribution in [3.63, 3.8) is 0 Å². The van der Waals surface area contributed by atoms with E-state index in [1.807, 2.05) is 19.0 Å². The number of carbonyl (C=O) groups is 2. The Morgan fingerprint density at radius 1 is 1.23 bits per heavy atom. The number of hydrogen-bond acceptors (Lipinski definition) is 7. The molecule has 5 saturated carbocycles. The van der Waals surface area contributed by atoms with Crippen molar-refractivity contribution in [1.29, 1.82) is 5.26 Å². The Kier molecular flexibility index (Phi) is 5.11. The Morgan fingerprint density at radius 2 is 1.90 bits per heavy atom. The number of likely N-dealkylation sites (tertiary alicyclic amines) is 1. The molecule has 6 fully saturated rings. The first-order chi connectivity index (χ1) is 14.7. The highest BCUT2D eigenvalue weighted by atomic mass is 32.1. The quantitative estimate of drug-likeness (QED) is 0.475. The van der Waals surface area contributed by atoms with Gasteiger partial charge in [0.2, 0.25) is 5.91 Å². The van der Waals surface area contributed by atoms with Gasteiger partial charge in [-0.3, -0.25) is 14.5 Å². The maximum absolute atomic E-state index is 13.6. The molecule has 2 N–H and O–H groups in total. The number of carbonyl (C=O) groups excluding carboxylic acids is 2. The zero-order valence-corrected chi connectivity index (χ0v) is 19.4. The van der Waals surface area contributed by atoms with E-state index in [1.165, 1.54) is 0 Å². The van der Waals surface area contributed by atoms with Crippen LogP contribution < -0.4 is 5.73 Å². The van der Waals surface area contributed by atoms with Crippen LogP contribution in [0.1, 0.15) is 51.4 Å². The topological polar surface area (TPSA) is 99.7 Å². The lowest BCUT2D eigenvalue weighted by Gasteiger charge is -2.62. The fraction of sp³-hybridized carbons (Fsp3) is 0.870. The number of thiol groups is 1. The summed E-state index contributed by atoms with van der Waals surface area (Å²) in [6, 6.07) is 1.19. The van der Waals surface area contributed by atoms with Crippen LogP contribution in [0.15, 0.2) is 0 Å². The number of hydrogen-bond donors (Lipinski definition) is 2. The number of amides is 1. The van der Waals surface area contributed by atoms with E-state index < -0.39 is 11.6 Å². The third kappa shape index (κ3) is 3.39. The fourth-order valence-electron chi connectivity index (χ4n) is 7.77. The van der Waals surface area contributed by atoms with Crippen LogP contribution in [0.2, 0.25) is 0 Å². The molecular formula is C23H34N4O3S. The summed E-state index contributed by atoms with van der Waals surface area (Å²) in [5.41, 5.74) is 5.91. The summed E-state index contributed by atoms with van der Waals surface area (Å²) in [4.78, 5) is 30.2. The van der Waals surface area contributed by atoms with Crippen LogP contribution in [-0.2, 0) is 14.3 Å². The molecule has 0 radical (unpaired) electrons. The van der Waals surface area contributed by atoms with Gasteiger partial charge in [0.05, 0.1) is 12.1 Å². The predicted octanol–water partition coefficient (Wildman–Crippen LogP) is 1.57. The minimum Gasteiger partial charge on any atom is -0.458 e. The van der Waals surface area contributed by atoms with Crippen molar-refractivity contribution in [2.45, 2.75) is 81.1 Å². The number of nitrogens with zero attached hydrogens (tertiary/aromatic N) is 3. The number of likely N-dealkylation sites (N-methyl/N-ethyl adjacent to an activating group) is 1. The number of nitriles is 1. The largest absolute Gasteiger partial charge is 0.458 e. The van der Waals surface area contributed by atoms with Crippen molar-refractivity contribution in [2.75, 3.05) is 19.8 Å². The summed E-state index contributed by atoms with van der Waals surface area (Å²) < 4.78 is 6.25. The van der Waals surface area contributed by atoms with Gasteiger partial charge in [-0.15, -0.1) is 0 Å². The van der Waals surface area contributed by atoms with Gasteiger partial charge in [0.25, 0.3) is 0 Å². The molecule has 1 amide bonds. The van der Waals surface area contributed by atoms with Crippen molar-refractivity contribution < 1.29 is 14.3 Å². The van der Waals surface area contributed by atoms with Gasteiger partial charge in [0.15, 0.2) is 0 Å². The molecule has 0 spiro atoms. The van der Waals surface area contributed by atoms with Gasteiger partial charge in [-0.05, 0) is 88.6 Å². The molecule has 6 rings (SSSR count). The summed E-state index contributed by atoms with van der Waals surface area (Å²) in [5, 5.41) is 9.55. The van der Waals surface area contributed by atoms with Gasteiger partial charge >= 0.3 is 5.97 Å². The van der Waals surface area contributed by atoms with Gasteiger partial charge in [-0.25, -0.2) is 0 Å². The van der Waals surface area contributed by atoms with Crippen LogP contribution in [0.25, 0.3) is 0 Å². The summed E-state index contributed by atoms with van der Waals surface area (Å²) in [7, 11) is 3.73. The Labute approximate surface area is 190 Å². The smallest absolute Gasteiger partial charge is 0.324 e. The molecule has 1 heterocycles. The lowest BCUT2D eigenvalue weighted by Crippen LogP contribution is -2.66. The molecule has 6 unspecified atom stereocenters. The minimum atomic E-state index is -0.624. The molecule has 0 aromatic rings. The van der Waals surface area contributed by atoms with Gasteiger partial charge < -0.3 is 15.4 Å². The predicted molar refractivity (Wildman–Crippen MR) is 118 cm³/mol. The lowest BCUT2D eigenvalue weighted by molar-refractivity contribution is -0.208. The van der Waals surface area contributed by atoms with E-state index in [4.69, 9.17) is 10.5 Å². The molecule has 0 aromatic carbocycles. The van der Waals surface area contributed by atoms with Crippen molar-refractivity contribution >= 4 is 24.5 Å². The molecule has 31 heavy (non-hydrogen) atoms. The number of esters is 1. The molecule has 7 nitrogen and oxygen atoms in total. The number of fused-ring (bicyclic) bond motifs is 1. The van der Waals surface area contributed by atoms with E-state index in [-0.39, 0.29) is 35.4 Å². The second-order valence-electron chi connectivity index (χ2n) is 11.3. The van der Waals surface area contributed by atoms with Crippen LogP contribution in [0, 0.1) is 34.5 Å². The average molecular weight is 447 g/mol. The van der Waals surface area contributed by atoms with Crippen LogP contribution >= 0.6 is 12.6 Å². The van der Waals surface area contributed by atoms with Crippen LogP contribution in [0.4, 0.5) is 0 Å². The third-order valence-corrected chi connectivity index (χ3v) is 9.22. The van der Waals surface area contributed by atoms with Crippen molar-refractivity contribution in [2.24, 2.45) is 28.9 Å². The molecule has 6 aliphatic rings. The zero-order valence-electron chi connectivity index (χ0n) is 18.5. The third-order valence-electron chi connectivity index (χ3n) is 8.87. The number of nitrogens with two attached hydrogens (primary N) is 1. The highest BCUT2D eigenvalue weighted by molar-refractivity contribution is 7.80. The van der Waals surface area contributed by atoms with Crippen molar-refractivity contribution in [3.05, 3.63) is 0 Å². The van der Waals surface area contributed by atoms with E-state index in [2.05, 4.69) is 18.7 Å². The maximum atomic E-state index is 13.6. The number of ether oxygens (including phenoxy) is 1. The molecule has 1 saturated heterocycles. The highest BCUT2D eigenvalue weighted by Crippen LogP contribution is 2.64. The Hall–Kier alpha value is -1.30. The summed E-state index contributed by atoms with van der Waals surface area (Å²) >= 11 is 4.34. The minimum absolute atomic E-state index is 0.0542. The summed E-state index contributed by atoms with van der Waals surface area (Å²) in [5.74, 6) is 1.50. The van der Waals surface area contributed by atoms with Crippen LogP contribution in [0.5, 0.6) is 0 Å². The van der Waals surface area contributed by atoms with E-state index >= 15 is 0 Å². The van der Waals surface area contributed by atoms with Crippen molar-refractivity contribution in [1.82, 2.24) is 9.80 Å². The first-order valence-electron chi connectivity index (χ1n) is 11.7. The van der Waals surface area contributed by atoms with Gasteiger partial charge in [0.1, 0.15) is 17.7 Å². The highest BCUT2D eigenvalue weighted by Gasteiger charge is 2.64. The molecular weight excluding hydrogens is 412 g/mol. The Morgan fingerprint density at radius 3 is 2.48 bits per heavy atom. The average Bonchev–Trinajstić information content (AvgIpc) is 3.35. The lowest BCUT2D eigenvalue weighted by atomic mass is 9.46. The first kappa shape index (κ1) is 21.5. The number of rotatable bonds is 6. The molecule has 8 heteroatoms. The fourth-order valence-corrected chi connectivity index (χ4v) is 8.25. The SMILES string of the molecule is CN(C)C(CS)C(=O)OC12CC3C[C@H](C1)CC([C@H](N)C(=O)N1C4CC4C[C@H]1C#N)(C3)C2. The Balaban J connectivity index is 1.38. The van der Waals surface area contributed by atoms with Crippen LogP contribution in [0.3, 0.4) is 0 Å². The van der Waals surface area contributed by atoms with Gasteiger partial charge in [-0.2, -0.15) is 17.9 Å². The maximum Gasteiger partial charge on any atom is 0.324 e. The second kappa shape index (κ2) is 7.36. The van der Waals surface area contributed by atoms with Gasteiger partial charge in [0, 0.05) is 11.8 Å². The van der Waals surface area contributed by atoms with Crippen molar-refractivity contribution in [3.8, 4) is 6.07 Å². The standard InChI is InChI=1S/C23H34N4O3S/c1-26(2)18(11-31)21(29)30-23-8-13-3-14(9-23)7-22(6-13,12-23)19(25)20(28)27-16(10-24)4-15-5-17(15)27/h13-19,31H,3-9,11-12,25H2,1-2H3/t13-,14?,15?,16-,17?,18?,19+,22?,23?/m0/s1.